The molecule has 0 saturated heterocycles. The van der Waals surface area contributed by atoms with Gasteiger partial charge in [0.25, 0.3) is 0 Å². The Morgan fingerprint density at radius 2 is 1.50 bits per heavy atom. The Morgan fingerprint density at radius 1 is 0.875 bits per heavy atom. The van der Waals surface area contributed by atoms with E-state index in [0.717, 1.165) is 11.1 Å². The lowest BCUT2D eigenvalue weighted by molar-refractivity contribution is 0.387. The number of halogens is 2. The zero-order valence-electron chi connectivity index (χ0n) is 8.71. The molecule has 0 saturated carbocycles. The molecule has 0 aliphatic rings. The fourth-order valence-corrected chi connectivity index (χ4v) is 1.48. The van der Waals surface area contributed by atoms with Gasteiger partial charge < -0.3 is 4.74 Å². The van der Waals surface area contributed by atoms with Crippen LogP contribution in [0.4, 0.5) is 8.78 Å². The molecule has 0 fully saturated rings. The van der Waals surface area contributed by atoms with Crippen LogP contribution in [-0.2, 0) is 0 Å². The van der Waals surface area contributed by atoms with Crippen LogP contribution in [0.2, 0.25) is 0 Å². The van der Waals surface area contributed by atoms with Gasteiger partial charge in [-0.05, 0) is 35.4 Å². The second-order valence-electron chi connectivity index (χ2n) is 3.36. The van der Waals surface area contributed by atoms with Crippen LogP contribution in [0.15, 0.2) is 42.5 Å². The van der Waals surface area contributed by atoms with Crippen molar-refractivity contribution in [3.63, 3.8) is 0 Å². The molecule has 0 spiro atoms. The van der Waals surface area contributed by atoms with Crippen LogP contribution in [0.1, 0.15) is 0 Å². The molecule has 0 unspecified atom stereocenters. The average molecular weight is 220 g/mol. The highest BCUT2D eigenvalue weighted by atomic mass is 19.1. The molecule has 0 heterocycles. The Balaban J connectivity index is 2.44. The lowest BCUT2D eigenvalue weighted by Crippen LogP contribution is -1.88. The van der Waals surface area contributed by atoms with Gasteiger partial charge in [0.05, 0.1) is 7.11 Å². The highest BCUT2D eigenvalue weighted by Crippen LogP contribution is 2.26. The number of ether oxygens (including phenoxy) is 1. The van der Waals surface area contributed by atoms with E-state index in [9.17, 15) is 8.78 Å². The van der Waals surface area contributed by atoms with Crippen molar-refractivity contribution < 1.29 is 13.5 Å². The zero-order chi connectivity index (χ0) is 11.5. The molecule has 2 aromatic carbocycles. The molecule has 2 aromatic rings. The van der Waals surface area contributed by atoms with Gasteiger partial charge in [0, 0.05) is 0 Å². The maximum Gasteiger partial charge on any atom is 0.165 e. The van der Waals surface area contributed by atoms with Crippen molar-refractivity contribution in [2.45, 2.75) is 0 Å². The molecule has 2 rings (SSSR count). The molecular weight excluding hydrogens is 210 g/mol. The molecule has 1 nitrogen and oxygen atoms in total. The molecule has 0 radical (unpaired) electrons. The predicted molar refractivity (Wildman–Crippen MR) is 58.3 cm³/mol. The molecule has 0 aliphatic carbocycles. The summed E-state index contributed by atoms with van der Waals surface area (Å²) in [7, 11) is 1.41. The van der Waals surface area contributed by atoms with E-state index in [1.807, 2.05) is 0 Å². The third kappa shape index (κ3) is 2.03. The zero-order valence-corrected chi connectivity index (χ0v) is 8.71. The van der Waals surface area contributed by atoms with Gasteiger partial charge in [0.15, 0.2) is 11.6 Å². The second kappa shape index (κ2) is 4.31. The summed E-state index contributed by atoms with van der Waals surface area (Å²) in [6.45, 7) is 0. The summed E-state index contributed by atoms with van der Waals surface area (Å²) in [5.41, 5.74) is 1.61. The van der Waals surface area contributed by atoms with Crippen LogP contribution in [-0.4, -0.2) is 7.11 Å². The monoisotopic (exact) mass is 220 g/mol. The second-order valence-corrected chi connectivity index (χ2v) is 3.36. The van der Waals surface area contributed by atoms with Crippen LogP contribution >= 0.6 is 0 Å². The smallest absolute Gasteiger partial charge is 0.165 e. The number of methoxy groups -OCH3 is 1. The van der Waals surface area contributed by atoms with E-state index in [1.54, 1.807) is 24.3 Å². The fraction of sp³-hybridized carbons (Fsp3) is 0.0769. The molecule has 0 N–H and O–H groups in total. The van der Waals surface area contributed by atoms with E-state index in [0.29, 0.717) is 0 Å². The number of hydrogen-bond donors (Lipinski definition) is 0. The standard InChI is InChI=1S/C13H10F2O/c1-16-13-8-10(4-7-12(13)15)9-2-5-11(14)6-3-9/h2-8H,1H3. The summed E-state index contributed by atoms with van der Waals surface area (Å²) in [6, 6.07) is 10.6. The highest BCUT2D eigenvalue weighted by molar-refractivity contribution is 5.65. The summed E-state index contributed by atoms with van der Waals surface area (Å²) in [5.74, 6) is -0.520. The van der Waals surface area contributed by atoms with Gasteiger partial charge in [0.2, 0.25) is 0 Å². The largest absolute Gasteiger partial charge is 0.494 e. The van der Waals surface area contributed by atoms with Gasteiger partial charge in [-0.2, -0.15) is 0 Å². The third-order valence-electron chi connectivity index (χ3n) is 2.33. The lowest BCUT2D eigenvalue weighted by Gasteiger charge is -2.05. The van der Waals surface area contributed by atoms with Gasteiger partial charge >= 0.3 is 0 Å². The van der Waals surface area contributed by atoms with Gasteiger partial charge in [-0.3, -0.25) is 0 Å². The maximum absolute atomic E-state index is 13.2. The Labute approximate surface area is 92.3 Å². The maximum atomic E-state index is 13.2. The van der Waals surface area contributed by atoms with Crippen LogP contribution in [0.5, 0.6) is 5.75 Å². The topological polar surface area (TPSA) is 9.23 Å². The van der Waals surface area contributed by atoms with Gasteiger partial charge in [-0.25, -0.2) is 8.78 Å². The van der Waals surface area contributed by atoms with Crippen molar-refractivity contribution in [2.75, 3.05) is 7.11 Å². The van der Waals surface area contributed by atoms with Crippen molar-refractivity contribution >= 4 is 0 Å². The van der Waals surface area contributed by atoms with Crippen molar-refractivity contribution in [3.8, 4) is 16.9 Å². The minimum absolute atomic E-state index is 0.182. The average Bonchev–Trinajstić information content (AvgIpc) is 2.31. The van der Waals surface area contributed by atoms with Crippen LogP contribution in [0.25, 0.3) is 11.1 Å². The number of rotatable bonds is 2. The molecule has 3 heteroatoms. The number of hydrogen-bond acceptors (Lipinski definition) is 1. The summed E-state index contributed by atoms with van der Waals surface area (Å²) >= 11 is 0. The Hall–Kier alpha value is -1.90. The number of benzene rings is 2. The van der Waals surface area contributed by atoms with Crippen molar-refractivity contribution in [1.29, 1.82) is 0 Å². The van der Waals surface area contributed by atoms with Crippen LogP contribution in [0.3, 0.4) is 0 Å². The Kier molecular flexibility index (Phi) is 2.86. The summed E-state index contributed by atoms with van der Waals surface area (Å²) < 4.78 is 30.8. The van der Waals surface area contributed by atoms with E-state index in [2.05, 4.69) is 0 Å². The lowest BCUT2D eigenvalue weighted by atomic mass is 10.1. The minimum atomic E-state index is -0.409. The fourth-order valence-electron chi connectivity index (χ4n) is 1.48. The molecule has 0 amide bonds. The third-order valence-corrected chi connectivity index (χ3v) is 2.33. The van der Waals surface area contributed by atoms with E-state index in [1.165, 1.54) is 25.3 Å². The molecule has 82 valence electrons. The van der Waals surface area contributed by atoms with E-state index in [4.69, 9.17) is 4.74 Å². The highest BCUT2D eigenvalue weighted by Gasteiger charge is 2.05. The van der Waals surface area contributed by atoms with Gasteiger partial charge in [-0.1, -0.05) is 18.2 Å². The minimum Gasteiger partial charge on any atom is -0.494 e. The first-order valence-electron chi connectivity index (χ1n) is 4.80. The van der Waals surface area contributed by atoms with Crippen molar-refractivity contribution in [3.05, 3.63) is 54.1 Å². The molecule has 16 heavy (non-hydrogen) atoms. The normalized spacial score (nSPS) is 10.2. The molecule has 0 aromatic heterocycles. The van der Waals surface area contributed by atoms with Gasteiger partial charge in [0.1, 0.15) is 5.82 Å². The SMILES string of the molecule is COc1cc(-c2ccc(F)cc2)ccc1F. The van der Waals surface area contributed by atoms with E-state index in [-0.39, 0.29) is 11.6 Å². The Morgan fingerprint density at radius 3 is 2.12 bits per heavy atom. The first-order valence-corrected chi connectivity index (χ1v) is 4.80. The first-order chi connectivity index (χ1) is 7.70. The first kappa shape index (κ1) is 10.6. The molecular formula is C13H10F2O. The van der Waals surface area contributed by atoms with Gasteiger partial charge in [-0.15, -0.1) is 0 Å². The molecule has 0 atom stereocenters. The quantitative estimate of drug-likeness (QED) is 0.750. The predicted octanol–water partition coefficient (Wildman–Crippen LogP) is 3.64. The molecule has 0 aliphatic heterocycles. The summed E-state index contributed by atoms with van der Waals surface area (Å²) in [4.78, 5) is 0. The summed E-state index contributed by atoms with van der Waals surface area (Å²) in [6.07, 6.45) is 0. The van der Waals surface area contributed by atoms with E-state index >= 15 is 0 Å². The van der Waals surface area contributed by atoms with Crippen LogP contribution in [0, 0.1) is 11.6 Å². The van der Waals surface area contributed by atoms with Crippen molar-refractivity contribution in [2.24, 2.45) is 0 Å². The Bertz CT molecular complexity index is 492. The summed E-state index contributed by atoms with van der Waals surface area (Å²) in [5, 5.41) is 0. The van der Waals surface area contributed by atoms with Crippen molar-refractivity contribution in [1.82, 2.24) is 0 Å². The molecule has 0 bridgehead atoms. The van der Waals surface area contributed by atoms with Crippen LogP contribution < -0.4 is 4.74 Å². The van der Waals surface area contributed by atoms with E-state index < -0.39 is 5.82 Å².